The molecule has 23 heavy (non-hydrogen) atoms. The molecule has 126 valence electrons. The molecule has 0 spiro atoms. The first-order chi connectivity index (χ1) is 10.8. The van der Waals surface area contributed by atoms with Crippen molar-refractivity contribution >= 4 is 29.9 Å². The number of benzene rings is 1. The number of hydrogen-bond donors (Lipinski definition) is 0. The minimum Gasteiger partial charge on any atom is -0.277 e. The van der Waals surface area contributed by atoms with Crippen LogP contribution in [0.15, 0.2) is 45.8 Å². The maximum Gasteiger partial charge on any atom is 0.0706 e. The van der Waals surface area contributed by atoms with Crippen molar-refractivity contribution in [1.29, 1.82) is 0 Å². The van der Waals surface area contributed by atoms with Crippen LogP contribution in [0.25, 0.3) is 0 Å². The third-order valence-corrected chi connectivity index (χ3v) is 6.30. The Morgan fingerprint density at radius 2 is 2.00 bits per heavy atom. The molecule has 1 aliphatic heterocycles. The predicted molar refractivity (Wildman–Crippen MR) is 105 cm³/mol. The lowest BCUT2D eigenvalue weighted by Crippen LogP contribution is -2.30. The fourth-order valence-electron chi connectivity index (χ4n) is 3.58. The lowest BCUT2D eigenvalue weighted by molar-refractivity contribution is 0.426. The summed E-state index contributed by atoms with van der Waals surface area (Å²) in [6, 6.07) is 8.87. The number of thioether (sulfide) groups is 1. The highest BCUT2D eigenvalue weighted by atomic mass is 35.5. The van der Waals surface area contributed by atoms with Crippen LogP contribution in [-0.2, 0) is 0 Å². The lowest BCUT2D eigenvalue weighted by atomic mass is 9.89. The Hall–Kier alpha value is -0.730. The van der Waals surface area contributed by atoms with Crippen molar-refractivity contribution in [2.45, 2.75) is 69.2 Å². The van der Waals surface area contributed by atoms with E-state index in [4.69, 9.17) is 4.99 Å². The van der Waals surface area contributed by atoms with Crippen molar-refractivity contribution in [2.24, 2.45) is 4.99 Å². The number of fused-ring (bicyclic) bond motifs is 1. The normalized spacial score (nSPS) is 23.9. The molecule has 1 aliphatic carbocycles. The Morgan fingerprint density at radius 3 is 2.70 bits per heavy atom. The molecule has 0 N–H and O–H groups in total. The first kappa shape index (κ1) is 18.6. The Balaban J connectivity index is 0.00000192. The Labute approximate surface area is 151 Å². The summed E-state index contributed by atoms with van der Waals surface area (Å²) in [5, 5.41) is 0. The maximum absolute atomic E-state index is 5.41. The van der Waals surface area contributed by atoms with E-state index in [0.29, 0.717) is 0 Å². The van der Waals surface area contributed by atoms with Crippen molar-refractivity contribution in [1.82, 2.24) is 0 Å². The summed E-state index contributed by atoms with van der Waals surface area (Å²) in [4.78, 5) is 6.82. The molecule has 1 aromatic carbocycles. The molecule has 1 nitrogen and oxygen atoms in total. The molecule has 0 aromatic heterocycles. The first-order valence-corrected chi connectivity index (χ1v) is 9.78. The molecule has 3 rings (SSSR count). The van der Waals surface area contributed by atoms with Crippen molar-refractivity contribution in [3.8, 4) is 0 Å². The van der Waals surface area contributed by atoms with E-state index in [-0.39, 0.29) is 17.9 Å². The van der Waals surface area contributed by atoms with E-state index >= 15 is 0 Å². The third kappa shape index (κ3) is 4.03. The largest absolute Gasteiger partial charge is 0.277 e. The van der Waals surface area contributed by atoms with E-state index in [0.717, 1.165) is 12.2 Å². The van der Waals surface area contributed by atoms with Gasteiger partial charge in [-0.3, -0.25) is 4.99 Å². The van der Waals surface area contributed by atoms with Crippen molar-refractivity contribution in [2.75, 3.05) is 5.75 Å². The highest BCUT2D eigenvalue weighted by Gasteiger charge is 2.32. The summed E-state index contributed by atoms with van der Waals surface area (Å²) in [5.74, 6) is 1.12. The highest BCUT2D eigenvalue weighted by molar-refractivity contribution is 7.99. The van der Waals surface area contributed by atoms with E-state index in [2.05, 4.69) is 44.2 Å². The van der Waals surface area contributed by atoms with Crippen LogP contribution >= 0.6 is 24.2 Å². The van der Waals surface area contributed by atoms with Gasteiger partial charge in [0, 0.05) is 16.2 Å². The number of halogens is 1. The highest BCUT2D eigenvalue weighted by Crippen LogP contribution is 2.39. The number of nitrogens with zero attached hydrogens (tertiary/aromatic N) is 1. The van der Waals surface area contributed by atoms with E-state index in [1.54, 1.807) is 0 Å². The van der Waals surface area contributed by atoms with Gasteiger partial charge in [-0.1, -0.05) is 44.5 Å². The summed E-state index contributed by atoms with van der Waals surface area (Å²) < 4.78 is 0. The number of allylic oxidation sites excluding steroid dienone is 2. The summed E-state index contributed by atoms with van der Waals surface area (Å²) in [5.41, 5.74) is 4.28. The van der Waals surface area contributed by atoms with Gasteiger partial charge in [-0.2, -0.15) is 0 Å². The number of hydrogen-bond acceptors (Lipinski definition) is 2. The molecule has 0 amide bonds. The zero-order chi connectivity index (χ0) is 15.4. The molecule has 3 heteroatoms. The van der Waals surface area contributed by atoms with Crippen molar-refractivity contribution < 1.29 is 0 Å². The van der Waals surface area contributed by atoms with Crippen LogP contribution in [-0.4, -0.2) is 17.0 Å². The summed E-state index contributed by atoms with van der Waals surface area (Å²) in [6.07, 6.45) is 11.1. The molecule has 0 saturated heterocycles. The van der Waals surface area contributed by atoms with Crippen molar-refractivity contribution in [3.05, 3.63) is 41.5 Å². The molecular formula is C20H28ClNS. The van der Waals surface area contributed by atoms with E-state index in [1.165, 1.54) is 60.3 Å². The molecule has 1 atom stereocenters. The SMILES string of the molecule is CCCC1(CC)CSc2ccccc2C(C2=CCCCC2)=N1.Cl. The molecule has 0 saturated carbocycles. The zero-order valence-corrected chi connectivity index (χ0v) is 15.9. The zero-order valence-electron chi connectivity index (χ0n) is 14.3. The Bertz CT molecular complexity index is 593. The van der Waals surface area contributed by atoms with Gasteiger partial charge in [-0.05, 0) is 50.2 Å². The van der Waals surface area contributed by atoms with Crippen LogP contribution in [0, 0.1) is 0 Å². The van der Waals surface area contributed by atoms with Gasteiger partial charge < -0.3 is 0 Å². The average Bonchev–Trinajstić information content (AvgIpc) is 2.74. The van der Waals surface area contributed by atoms with Crippen LogP contribution in [0.5, 0.6) is 0 Å². The molecule has 0 radical (unpaired) electrons. The lowest BCUT2D eigenvalue weighted by Gasteiger charge is -2.28. The number of aliphatic imine (C=N–C) groups is 1. The molecular weight excluding hydrogens is 322 g/mol. The number of rotatable bonds is 4. The van der Waals surface area contributed by atoms with Crippen LogP contribution < -0.4 is 0 Å². The topological polar surface area (TPSA) is 12.4 Å². The molecule has 2 aliphatic rings. The van der Waals surface area contributed by atoms with Gasteiger partial charge in [0.05, 0.1) is 11.3 Å². The fraction of sp³-hybridized carbons (Fsp3) is 0.550. The van der Waals surface area contributed by atoms with Crippen molar-refractivity contribution in [3.63, 3.8) is 0 Å². The predicted octanol–water partition coefficient (Wildman–Crippen LogP) is 6.45. The quantitative estimate of drug-likeness (QED) is 0.608. The Kier molecular flexibility index (Phi) is 6.79. The second-order valence-corrected chi connectivity index (χ2v) is 7.57. The van der Waals surface area contributed by atoms with Gasteiger partial charge in [0.2, 0.25) is 0 Å². The van der Waals surface area contributed by atoms with Gasteiger partial charge >= 0.3 is 0 Å². The second-order valence-electron chi connectivity index (χ2n) is 6.55. The minimum atomic E-state index is 0. The van der Waals surface area contributed by atoms with Gasteiger partial charge in [0.1, 0.15) is 0 Å². The summed E-state index contributed by atoms with van der Waals surface area (Å²) in [6.45, 7) is 4.59. The van der Waals surface area contributed by atoms with Gasteiger partial charge in [0.15, 0.2) is 0 Å². The van der Waals surface area contributed by atoms with E-state index < -0.39 is 0 Å². The van der Waals surface area contributed by atoms with E-state index in [9.17, 15) is 0 Å². The second kappa shape index (κ2) is 8.39. The van der Waals surface area contributed by atoms with Gasteiger partial charge in [0.25, 0.3) is 0 Å². The van der Waals surface area contributed by atoms with Crippen LogP contribution in [0.4, 0.5) is 0 Å². The standard InChI is InChI=1S/C20H27NS.ClH/c1-3-14-20(4-2)15-22-18-13-9-8-12-17(18)19(21-20)16-10-6-5-7-11-16;/h8-10,12-13H,3-7,11,14-15H2,1-2H3;1H. The van der Waals surface area contributed by atoms with Crippen LogP contribution in [0.3, 0.4) is 0 Å². The van der Waals surface area contributed by atoms with Gasteiger partial charge in [-0.15, -0.1) is 24.2 Å². The fourth-order valence-corrected chi connectivity index (χ4v) is 4.91. The first-order valence-electron chi connectivity index (χ1n) is 8.79. The molecule has 0 fully saturated rings. The maximum atomic E-state index is 5.41. The minimum absolute atomic E-state index is 0. The van der Waals surface area contributed by atoms with Gasteiger partial charge in [-0.25, -0.2) is 0 Å². The molecule has 0 bridgehead atoms. The van der Waals surface area contributed by atoms with Crippen LogP contribution in [0.2, 0.25) is 0 Å². The summed E-state index contributed by atoms with van der Waals surface area (Å²) in [7, 11) is 0. The average molecular weight is 350 g/mol. The Morgan fingerprint density at radius 1 is 1.17 bits per heavy atom. The molecule has 1 unspecified atom stereocenters. The monoisotopic (exact) mass is 349 g/mol. The van der Waals surface area contributed by atoms with Crippen LogP contribution in [0.1, 0.15) is 64.4 Å². The third-order valence-electron chi connectivity index (χ3n) is 4.96. The molecule has 1 aromatic rings. The smallest absolute Gasteiger partial charge is 0.0706 e. The van der Waals surface area contributed by atoms with E-state index in [1.807, 2.05) is 11.8 Å². The molecule has 1 heterocycles. The summed E-state index contributed by atoms with van der Waals surface area (Å²) >= 11 is 2.01.